The Labute approximate surface area is 93.6 Å². The van der Waals surface area contributed by atoms with Crippen LogP contribution in [0.4, 0.5) is 4.39 Å². The molecule has 0 aliphatic carbocycles. The van der Waals surface area contributed by atoms with E-state index in [1.807, 2.05) is 0 Å². The Hall–Kier alpha value is -1.14. The predicted molar refractivity (Wildman–Crippen MR) is 56.4 cm³/mol. The lowest BCUT2D eigenvalue weighted by Gasteiger charge is -2.10. The number of hydrogen-bond donors (Lipinski definition) is 1. The zero-order valence-corrected chi connectivity index (χ0v) is 9.50. The summed E-state index contributed by atoms with van der Waals surface area (Å²) in [6, 6.07) is 3.80. The summed E-state index contributed by atoms with van der Waals surface area (Å²) in [5.74, 6) is -1.17. The lowest BCUT2D eigenvalue weighted by molar-refractivity contribution is 0.139. The minimum Gasteiger partial charge on any atom is -0.488 e. The number of halogens is 1. The van der Waals surface area contributed by atoms with Gasteiger partial charge < -0.3 is 9.84 Å². The molecule has 0 unspecified atom stereocenters. The molecule has 1 rings (SSSR count). The largest absolute Gasteiger partial charge is 0.488 e. The molecule has 1 radical (unpaired) electrons. The van der Waals surface area contributed by atoms with Crippen LogP contribution in [-0.4, -0.2) is 32.5 Å². The zero-order chi connectivity index (χ0) is 12.3. The molecule has 1 aromatic carbocycles. The predicted octanol–water partition coefficient (Wildman–Crippen LogP) is 0.803. The number of benzene rings is 1. The van der Waals surface area contributed by atoms with Crippen LogP contribution in [0.25, 0.3) is 0 Å². The van der Waals surface area contributed by atoms with Gasteiger partial charge in [0.25, 0.3) is 0 Å². The first-order valence-electron chi connectivity index (χ1n) is 4.45. The van der Waals surface area contributed by atoms with Gasteiger partial charge in [-0.05, 0) is 19.1 Å². The number of rotatable bonds is 4. The van der Waals surface area contributed by atoms with Gasteiger partial charge in [0.05, 0.1) is 6.10 Å². The van der Waals surface area contributed by atoms with Crippen molar-refractivity contribution >= 4 is 9.84 Å². The van der Waals surface area contributed by atoms with Gasteiger partial charge in [0.1, 0.15) is 11.5 Å². The summed E-state index contributed by atoms with van der Waals surface area (Å²) in [5, 5.41) is 8.86. The van der Waals surface area contributed by atoms with E-state index in [9.17, 15) is 12.8 Å². The average molecular weight is 247 g/mol. The van der Waals surface area contributed by atoms with Crippen molar-refractivity contribution in [2.45, 2.75) is 11.0 Å². The lowest BCUT2D eigenvalue weighted by atomic mass is 10.3. The fourth-order valence-corrected chi connectivity index (χ4v) is 1.83. The average Bonchev–Trinajstić information content (AvgIpc) is 2.14. The summed E-state index contributed by atoms with van der Waals surface area (Å²) >= 11 is 0. The second-order valence-electron chi connectivity index (χ2n) is 3.31. The van der Waals surface area contributed by atoms with Crippen molar-refractivity contribution in [2.24, 2.45) is 0 Å². The molecular formula is C10H12FO4S. The van der Waals surface area contributed by atoms with Crippen LogP contribution in [0.2, 0.25) is 0 Å². The highest BCUT2D eigenvalue weighted by atomic mass is 32.2. The maximum atomic E-state index is 13.6. The van der Waals surface area contributed by atoms with Crippen LogP contribution >= 0.6 is 0 Å². The van der Waals surface area contributed by atoms with Crippen molar-refractivity contribution in [3.05, 3.63) is 30.9 Å². The van der Waals surface area contributed by atoms with Gasteiger partial charge in [0, 0.05) is 6.26 Å². The molecule has 0 aromatic heterocycles. The Morgan fingerprint density at radius 2 is 2.19 bits per heavy atom. The van der Waals surface area contributed by atoms with Gasteiger partial charge >= 0.3 is 0 Å². The van der Waals surface area contributed by atoms with Gasteiger partial charge in [0.15, 0.2) is 21.4 Å². The van der Waals surface area contributed by atoms with Crippen LogP contribution in [0.5, 0.6) is 5.75 Å². The molecule has 1 atom stereocenters. The summed E-state index contributed by atoms with van der Waals surface area (Å²) < 4.78 is 40.9. The van der Waals surface area contributed by atoms with Crippen molar-refractivity contribution in [1.82, 2.24) is 0 Å². The molecule has 0 aliphatic rings. The maximum Gasteiger partial charge on any atom is 0.183 e. The Morgan fingerprint density at radius 1 is 1.56 bits per heavy atom. The van der Waals surface area contributed by atoms with E-state index in [-0.39, 0.29) is 12.4 Å². The quantitative estimate of drug-likeness (QED) is 0.855. The highest BCUT2D eigenvalue weighted by molar-refractivity contribution is 7.90. The number of hydrogen-bond acceptors (Lipinski definition) is 4. The van der Waals surface area contributed by atoms with Gasteiger partial charge in [-0.1, -0.05) is 6.07 Å². The number of ether oxygens (including phenoxy) is 1. The molecule has 0 amide bonds. The molecule has 89 valence electrons. The third kappa shape index (κ3) is 3.18. The third-order valence-corrected chi connectivity index (χ3v) is 2.87. The topological polar surface area (TPSA) is 63.6 Å². The van der Waals surface area contributed by atoms with E-state index >= 15 is 0 Å². The van der Waals surface area contributed by atoms with Crippen molar-refractivity contribution in [3.8, 4) is 5.75 Å². The fourth-order valence-electron chi connectivity index (χ4n) is 1.07. The molecule has 1 N–H and O–H groups in total. The smallest absolute Gasteiger partial charge is 0.183 e. The van der Waals surface area contributed by atoms with Crippen LogP contribution in [-0.2, 0) is 9.84 Å². The second-order valence-corrected chi connectivity index (χ2v) is 5.29. The number of aliphatic hydroxyl groups is 1. The minimum absolute atomic E-state index is 0.204. The van der Waals surface area contributed by atoms with Gasteiger partial charge in [-0.25, -0.2) is 12.8 Å². The normalized spacial score (nSPS) is 13.5. The SMILES string of the molecule is [CH2][C@H](O)COc1cccc(S(C)(=O)=O)c1F. The summed E-state index contributed by atoms with van der Waals surface area (Å²) in [6.07, 6.45) is -0.0907. The first kappa shape index (κ1) is 12.9. The van der Waals surface area contributed by atoms with E-state index in [1.54, 1.807) is 0 Å². The zero-order valence-electron chi connectivity index (χ0n) is 8.68. The Balaban J connectivity index is 3.05. The molecule has 0 bridgehead atoms. The molecule has 0 fully saturated rings. The second kappa shape index (κ2) is 4.80. The Kier molecular flexibility index (Phi) is 3.88. The fraction of sp³-hybridized carbons (Fsp3) is 0.300. The molecule has 0 saturated carbocycles. The number of aliphatic hydroxyl groups excluding tert-OH is 1. The Morgan fingerprint density at radius 3 is 2.69 bits per heavy atom. The van der Waals surface area contributed by atoms with Crippen LogP contribution in [0.15, 0.2) is 23.1 Å². The molecule has 0 aliphatic heterocycles. The van der Waals surface area contributed by atoms with Gasteiger partial charge in [-0.3, -0.25) is 0 Å². The summed E-state index contributed by atoms with van der Waals surface area (Å²) in [4.78, 5) is -0.427. The first-order valence-corrected chi connectivity index (χ1v) is 6.34. The van der Waals surface area contributed by atoms with E-state index in [2.05, 4.69) is 6.92 Å². The molecule has 1 aromatic rings. The molecular weight excluding hydrogens is 235 g/mol. The first-order chi connectivity index (χ1) is 7.32. The van der Waals surface area contributed by atoms with Crippen LogP contribution in [0.3, 0.4) is 0 Å². The van der Waals surface area contributed by atoms with Crippen LogP contribution in [0, 0.1) is 12.7 Å². The van der Waals surface area contributed by atoms with Gasteiger partial charge in [0.2, 0.25) is 0 Å². The summed E-state index contributed by atoms with van der Waals surface area (Å²) in [7, 11) is -3.63. The standard InChI is InChI=1S/C10H12FO4S/c1-7(12)6-15-8-4-3-5-9(10(8)11)16(2,13)14/h3-5,7,12H,1,6H2,2H3/t7-/m0/s1. The van der Waals surface area contributed by atoms with E-state index < -0.39 is 26.7 Å². The van der Waals surface area contributed by atoms with Crippen LogP contribution in [0.1, 0.15) is 0 Å². The highest BCUT2D eigenvalue weighted by Gasteiger charge is 2.17. The summed E-state index contributed by atoms with van der Waals surface area (Å²) in [6.45, 7) is 3.04. The highest BCUT2D eigenvalue weighted by Crippen LogP contribution is 2.23. The van der Waals surface area contributed by atoms with E-state index in [4.69, 9.17) is 9.84 Å². The van der Waals surface area contributed by atoms with E-state index in [0.717, 1.165) is 12.3 Å². The molecule has 6 heteroatoms. The van der Waals surface area contributed by atoms with E-state index in [0.29, 0.717) is 0 Å². The van der Waals surface area contributed by atoms with Crippen molar-refractivity contribution in [1.29, 1.82) is 0 Å². The van der Waals surface area contributed by atoms with Crippen molar-refractivity contribution in [3.63, 3.8) is 0 Å². The van der Waals surface area contributed by atoms with Crippen molar-refractivity contribution in [2.75, 3.05) is 12.9 Å². The van der Waals surface area contributed by atoms with Crippen molar-refractivity contribution < 1.29 is 22.7 Å². The molecule has 4 nitrogen and oxygen atoms in total. The Bertz CT molecular complexity index is 468. The monoisotopic (exact) mass is 247 g/mol. The number of sulfone groups is 1. The third-order valence-electron chi connectivity index (χ3n) is 1.76. The molecule has 0 heterocycles. The minimum atomic E-state index is -3.63. The van der Waals surface area contributed by atoms with E-state index in [1.165, 1.54) is 12.1 Å². The molecule has 0 saturated heterocycles. The maximum absolute atomic E-state index is 13.6. The molecule has 16 heavy (non-hydrogen) atoms. The van der Waals surface area contributed by atoms with Gasteiger partial charge in [-0.15, -0.1) is 0 Å². The molecule has 0 spiro atoms. The van der Waals surface area contributed by atoms with Crippen LogP contribution < -0.4 is 4.74 Å². The van der Waals surface area contributed by atoms with Gasteiger partial charge in [-0.2, -0.15) is 0 Å². The lowest BCUT2D eigenvalue weighted by Crippen LogP contribution is -2.14. The summed E-state index contributed by atoms with van der Waals surface area (Å²) in [5.41, 5.74) is 0.